The van der Waals surface area contributed by atoms with Crippen molar-refractivity contribution in [1.29, 1.82) is 0 Å². The third-order valence-corrected chi connectivity index (χ3v) is 5.52. The number of carbonyl (C=O) groups is 1. The van der Waals surface area contributed by atoms with Crippen LogP contribution in [0.2, 0.25) is 5.02 Å². The summed E-state index contributed by atoms with van der Waals surface area (Å²) in [7, 11) is 0. The average molecular weight is 350 g/mol. The molecule has 130 valence electrons. The number of likely N-dealkylation sites (tertiary alicyclic amines) is 1. The molecule has 1 N–H and O–H groups in total. The highest BCUT2D eigenvalue weighted by Crippen LogP contribution is 2.41. The maximum absolute atomic E-state index is 11.7. The van der Waals surface area contributed by atoms with E-state index in [1.807, 2.05) is 18.2 Å². The second-order valence-electron chi connectivity index (χ2n) is 6.74. The Morgan fingerprint density at radius 1 is 1.42 bits per heavy atom. The molecule has 4 nitrogen and oxygen atoms in total. The largest absolute Gasteiger partial charge is 0.488 e. The molecule has 1 aliphatic heterocycles. The number of hydrogen-bond donors (Lipinski definition) is 1. The van der Waals surface area contributed by atoms with Crippen molar-refractivity contribution in [3.63, 3.8) is 0 Å². The first-order valence-corrected chi connectivity index (χ1v) is 8.98. The van der Waals surface area contributed by atoms with Crippen molar-refractivity contribution in [1.82, 2.24) is 4.90 Å². The van der Waals surface area contributed by atoms with Gasteiger partial charge in [-0.2, -0.15) is 0 Å². The number of benzene rings is 1. The minimum absolute atomic E-state index is 0.381. The quantitative estimate of drug-likeness (QED) is 0.785. The third kappa shape index (κ3) is 3.60. The summed E-state index contributed by atoms with van der Waals surface area (Å²) in [5.41, 5.74) is 1.03. The highest BCUT2D eigenvalue weighted by molar-refractivity contribution is 6.32. The lowest BCUT2D eigenvalue weighted by atomic mass is 9.84. The number of nitrogens with zero attached hydrogens (tertiary/aromatic N) is 1. The van der Waals surface area contributed by atoms with Crippen LogP contribution in [-0.2, 0) is 11.3 Å². The monoisotopic (exact) mass is 349 g/mol. The van der Waals surface area contributed by atoms with Crippen LogP contribution in [0.25, 0.3) is 0 Å². The molecule has 24 heavy (non-hydrogen) atoms. The second kappa shape index (κ2) is 7.58. The SMILES string of the molecule is C=CCOc1ccc(CN2C(C(=O)O)CC3CCCCC32)cc1Cl. The first-order valence-electron chi connectivity index (χ1n) is 8.61. The van der Waals surface area contributed by atoms with Crippen LogP contribution >= 0.6 is 11.6 Å². The number of carboxylic acids is 1. The van der Waals surface area contributed by atoms with E-state index in [4.69, 9.17) is 16.3 Å². The Morgan fingerprint density at radius 2 is 2.21 bits per heavy atom. The Labute approximate surface area is 148 Å². The summed E-state index contributed by atoms with van der Waals surface area (Å²) in [5.74, 6) is 0.444. The summed E-state index contributed by atoms with van der Waals surface area (Å²) in [5, 5.41) is 10.2. The van der Waals surface area contributed by atoms with Gasteiger partial charge in [0.15, 0.2) is 0 Å². The van der Waals surface area contributed by atoms with Gasteiger partial charge in [-0.1, -0.05) is 43.2 Å². The summed E-state index contributed by atoms with van der Waals surface area (Å²) in [4.78, 5) is 13.9. The van der Waals surface area contributed by atoms with Gasteiger partial charge in [-0.25, -0.2) is 0 Å². The van der Waals surface area contributed by atoms with E-state index in [0.29, 0.717) is 35.9 Å². The van der Waals surface area contributed by atoms with Crippen molar-refractivity contribution < 1.29 is 14.6 Å². The van der Waals surface area contributed by atoms with Gasteiger partial charge in [-0.05, 0) is 42.9 Å². The van der Waals surface area contributed by atoms with Crippen molar-refractivity contribution in [2.24, 2.45) is 5.92 Å². The molecule has 2 aliphatic rings. The van der Waals surface area contributed by atoms with Gasteiger partial charge in [0.25, 0.3) is 0 Å². The Balaban J connectivity index is 1.76. The average Bonchev–Trinajstić information content (AvgIpc) is 2.93. The molecule has 0 amide bonds. The molecule has 1 saturated carbocycles. The zero-order chi connectivity index (χ0) is 17.1. The van der Waals surface area contributed by atoms with Crippen molar-refractivity contribution in [2.75, 3.05) is 6.61 Å². The fourth-order valence-corrected chi connectivity index (χ4v) is 4.40. The molecule has 3 atom stereocenters. The third-order valence-electron chi connectivity index (χ3n) is 5.22. The number of rotatable bonds is 6. The number of ether oxygens (including phenoxy) is 1. The van der Waals surface area contributed by atoms with Gasteiger partial charge < -0.3 is 9.84 Å². The van der Waals surface area contributed by atoms with Gasteiger partial charge in [0.2, 0.25) is 0 Å². The molecule has 0 aromatic heterocycles. The van der Waals surface area contributed by atoms with Gasteiger partial charge in [-0.3, -0.25) is 9.69 Å². The number of aliphatic carboxylic acids is 1. The molecular weight excluding hydrogens is 326 g/mol. The fourth-order valence-electron chi connectivity index (χ4n) is 4.14. The molecule has 5 heteroatoms. The molecule has 0 bridgehead atoms. The first kappa shape index (κ1) is 17.3. The molecule has 1 aromatic carbocycles. The molecule has 3 rings (SSSR count). The van der Waals surface area contributed by atoms with Crippen LogP contribution in [0.4, 0.5) is 0 Å². The molecule has 1 aromatic rings. The van der Waals surface area contributed by atoms with Crippen molar-refractivity contribution >= 4 is 17.6 Å². The zero-order valence-corrected chi connectivity index (χ0v) is 14.5. The molecule has 1 saturated heterocycles. The van der Waals surface area contributed by atoms with E-state index < -0.39 is 5.97 Å². The Morgan fingerprint density at radius 3 is 2.92 bits per heavy atom. The predicted molar refractivity (Wildman–Crippen MR) is 94.5 cm³/mol. The standard InChI is InChI=1S/C19H24ClNO3/c1-2-9-24-18-8-7-13(10-15(18)20)12-21-16-6-4-3-5-14(16)11-17(21)19(22)23/h2,7-8,10,14,16-17H,1,3-6,9,11-12H2,(H,22,23). The summed E-state index contributed by atoms with van der Waals surface area (Å²) in [6, 6.07) is 5.71. The maximum Gasteiger partial charge on any atom is 0.320 e. The van der Waals surface area contributed by atoms with Gasteiger partial charge in [0.1, 0.15) is 18.4 Å². The van der Waals surface area contributed by atoms with Crippen LogP contribution < -0.4 is 4.74 Å². The molecular formula is C19H24ClNO3. The Kier molecular flexibility index (Phi) is 5.47. The normalized spacial score (nSPS) is 26.8. The van der Waals surface area contributed by atoms with Gasteiger partial charge in [0, 0.05) is 12.6 Å². The van der Waals surface area contributed by atoms with E-state index in [9.17, 15) is 9.90 Å². The molecule has 0 radical (unpaired) electrons. The van der Waals surface area contributed by atoms with Crippen LogP contribution in [0, 0.1) is 5.92 Å². The summed E-state index contributed by atoms with van der Waals surface area (Å²) < 4.78 is 5.50. The molecule has 3 unspecified atom stereocenters. The van der Waals surface area contributed by atoms with E-state index in [-0.39, 0.29) is 6.04 Å². The van der Waals surface area contributed by atoms with Crippen LogP contribution in [0.5, 0.6) is 5.75 Å². The molecule has 1 aliphatic carbocycles. The Bertz CT molecular complexity index is 619. The fraction of sp³-hybridized carbons (Fsp3) is 0.526. The van der Waals surface area contributed by atoms with E-state index in [0.717, 1.165) is 24.8 Å². The lowest BCUT2D eigenvalue weighted by Gasteiger charge is -2.33. The summed E-state index contributed by atoms with van der Waals surface area (Å²) >= 11 is 6.29. The number of hydrogen-bond acceptors (Lipinski definition) is 3. The summed E-state index contributed by atoms with van der Waals surface area (Å²) in [6.45, 7) is 4.66. The van der Waals surface area contributed by atoms with E-state index in [2.05, 4.69) is 11.5 Å². The van der Waals surface area contributed by atoms with Crippen molar-refractivity contribution in [2.45, 2.75) is 50.7 Å². The minimum atomic E-state index is -0.707. The highest BCUT2D eigenvalue weighted by Gasteiger charge is 2.44. The van der Waals surface area contributed by atoms with Gasteiger partial charge in [-0.15, -0.1) is 0 Å². The summed E-state index contributed by atoms with van der Waals surface area (Å²) in [6.07, 6.45) is 7.12. The highest BCUT2D eigenvalue weighted by atomic mass is 35.5. The van der Waals surface area contributed by atoms with Crippen LogP contribution in [0.3, 0.4) is 0 Å². The Hall–Kier alpha value is -1.52. The van der Waals surface area contributed by atoms with E-state index >= 15 is 0 Å². The molecule has 0 spiro atoms. The van der Waals surface area contributed by atoms with Crippen LogP contribution in [-0.4, -0.2) is 34.7 Å². The van der Waals surface area contributed by atoms with Crippen molar-refractivity contribution in [3.05, 3.63) is 41.4 Å². The lowest BCUT2D eigenvalue weighted by molar-refractivity contribution is -0.142. The van der Waals surface area contributed by atoms with E-state index in [1.165, 1.54) is 12.8 Å². The number of fused-ring (bicyclic) bond motifs is 1. The number of carboxylic acid groups (broad SMARTS) is 1. The van der Waals surface area contributed by atoms with E-state index in [1.54, 1.807) is 6.08 Å². The lowest BCUT2D eigenvalue weighted by Crippen LogP contribution is -2.41. The zero-order valence-electron chi connectivity index (χ0n) is 13.8. The number of halogens is 1. The topological polar surface area (TPSA) is 49.8 Å². The van der Waals surface area contributed by atoms with Crippen LogP contribution in [0.15, 0.2) is 30.9 Å². The first-order chi connectivity index (χ1) is 11.6. The molecule has 1 heterocycles. The second-order valence-corrected chi connectivity index (χ2v) is 7.15. The minimum Gasteiger partial charge on any atom is -0.488 e. The maximum atomic E-state index is 11.7. The van der Waals surface area contributed by atoms with Crippen molar-refractivity contribution in [3.8, 4) is 5.75 Å². The van der Waals surface area contributed by atoms with Crippen LogP contribution in [0.1, 0.15) is 37.7 Å². The van der Waals surface area contributed by atoms with Gasteiger partial charge >= 0.3 is 5.97 Å². The predicted octanol–water partition coefficient (Wildman–Crippen LogP) is 4.12. The van der Waals surface area contributed by atoms with Gasteiger partial charge in [0.05, 0.1) is 5.02 Å². The molecule has 2 fully saturated rings. The smallest absolute Gasteiger partial charge is 0.320 e.